The van der Waals surface area contributed by atoms with E-state index < -0.39 is 0 Å². The van der Waals surface area contributed by atoms with E-state index in [1.165, 1.54) is 50.8 Å². The van der Waals surface area contributed by atoms with Gasteiger partial charge in [0.15, 0.2) is 0 Å². The number of aliphatic hydroxyl groups excluding tert-OH is 1. The predicted octanol–water partition coefficient (Wildman–Crippen LogP) is 4.25. The quantitative estimate of drug-likeness (QED) is 0.612. The Balaban J connectivity index is 2.51. The van der Waals surface area contributed by atoms with Gasteiger partial charge in [0.1, 0.15) is 5.84 Å². The van der Waals surface area contributed by atoms with Gasteiger partial charge in [-0.15, -0.1) is 0 Å². The Morgan fingerprint density at radius 3 is 2.38 bits per heavy atom. The second kappa shape index (κ2) is 8.17. The molecule has 0 spiro atoms. The first kappa shape index (κ1) is 18.5. The van der Waals surface area contributed by atoms with Crippen molar-refractivity contribution < 1.29 is 5.11 Å². The molecule has 3 heteroatoms. The molecular weight excluding hydrogens is 260 g/mol. The smallest absolute Gasteiger partial charge is 0.105 e. The predicted molar refractivity (Wildman–Crippen MR) is 91.9 cm³/mol. The zero-order valence-corrected chi connectivity index (χ0v) is 14.9. The van der Waals surface area contributed by atoms with Gasteiger partial charge >= 0.3 is 0 Å². The maximum atomic E-state index is 9.28. The van der Waals surface area contributed by atoms with E-state index in [1.54, 1.807) is 0 Å². The van der Waals surface area contributed by atoms with Crippen molar-refractivity contribution >= 4 is 5.84 Å². The van der Waals surface area contributed by atoms with Gasteiger partial charge in [-0.2, -0.15) is 0 Å². The third kappa shape index (κ3) is 5.98. The number of amidine groups is 1. The Morgan fingerprint density at radius 1 is 1.14 bits per heavy atom. The summed E-state index contributed by atoms with van der Waals surface area (Å²) in [6.45, 7) is 13.1. The third-order valence-electron chi connectivity index (χ3n) is 4.42. The Bertz CT molecular complexity index is 334. The Labute approximate surface area is 131 Å². The van der Waals surface area contributed by atoms with Crippen molar-refractivity contribution in [3.05, 3.63) is 0 Å². The van der Waals surface area contributed by atoms with Crippen LogP contribution in [-0.2, 0) is 0 Å². The molecule has 0 atom stereocenters. The first-order valence-electron chi connectivity index (χ1n) is 8.78. The summed E-state index contributed by atoms with van der Waals surface area (Å²) in [5, 5.41) is 9.28. The minimum atomic E-state index is -0.0110. The molecule has 0 aliphatic carbocycles. The van der Waals surface area contributed by atoms with Crippen LogP contribution in [0.2, 0.25) is 0 Å². The Hall–Kier alpha value is -0.570. The van der Waals surface area contributed by atoms with Crippen molar-refractivity contribution in [2.45, 2.75) is 85.1 Å². The maximum absolute atomic E-state index is 9.28. The lowest BCUT2D eigenvalue weighted by atomic mass is 9.84. The zero-order chi connectivity index (χ0) is 15.9. The van der Waals surface area contributed by atoms with Gasteiger partial charge in [0, 0.05) is 18.5 Å². The van der Waals surface area contributed by atoms with Gasteiger partial charge in [0.05, 0.1) is 12.1 Å². The van der Waals surface area contributed by atoms with Crippen LogP contribution in [0.3, 0.4) is 0 Å². The number of hydrogen-bond donors (Lipinski definition) is 1. The lowest BCUT2D eigenvalue weighted by Gasteiger charge is -2.32. The maximum Gasteiger partial charge on any atom is 0.105 e. The number of unbranched alkanes of at least 4 members (excludes halogenated alkanes) is 5. The summed E-state index contributed by atoms with van der Waals surface area (Å²) in [5.74, 6) is 1.20. The highest BCUT2D eigenvalue weighted by Gasteiger charge is 2.38. The van der Waals surface area contributed by atoms with Crippen molar-refractivity contribution in [1.29, 1.82) is 0 Å². The fraction of sp³-hybridized carbons (Fsp3) is 0.944. The molecule has 1 heterocycles. The van der Waals surface area contributed by atoms with Crippen LogP contribution in [0.1, 0.15) is 79.6 Å². The lowest BCUT2D eigenvalue weighted by molar-refractivity contribution is 0.236. The number of aliphatic hydroxyl groups is 1. The fourth-order valence-electron chi connectivity index (χ4n) is 3.28. The molecule has 0 aromatic carbocycles. The summed E-state index contributed by atoms with van der Waals surface area (Å²) >= 11 is 0. The van der Waals surface area contributed by atoms with Crippen molar-refractivity contribution in [2.75, 3.05) is 19.7 Å². The van der Waals surface area contributed by atoms with Gasteiger partial charge in [-0.3, -0.25) is 4.99 Å². The van der Waals surface area contributed by atoms with Crippen LogP contribution < -0.4 is 0 Å². The highest BCUT2D eigenvalue weighted by Crippen LogP contribution is 2.33. The molecule has 0 unspecified atom stereocenters. The van der Waals surface area contributed by atoms with Gasteiger partial charge in [-0.05, 0) is 20.3 Å². The van der Waals surface area contributed by atoms with Gasteiger partial charge in [0.25, 0.3) is 0 Å². The molecule has 0 saturated heterocycles. The minimum Gasteiger partial charge on any atom is -0.395 e. The first-order valence-corrected chi connectivity index (χ1v) is 8.78. The van der Waals surface area contributed by atoms with Crippen LogP contribution in [0.15, 0.2) is 4.99 Å². The van der Waals surface area contributed by atoms with Crippen molar-refractivity contribution in [2.24, 2.45) is 10.4 Å². The van der Waals surface area contributed by atoms with Crippen LogP contribution in [-0.4, -0.2) is 41.1 Å². The lowest BCUT2D eigenvalue weighted by Crippen LogP contribution is -2.41. The van der Waals surface area contributed by atoms with E-state index >= 15 is 0 Å². The molecule has 1 N–H and O–H groups in total. The van der Waals surface area contributed by atoms with E-state index in [1.807, 2.05) is 0 Å². The number of hydrogen-bond acceptors (Lipinski definition) is 3. The summed E-state index contributed by atoms with van der Waals surface area (Å²) in [6.07, 6.45) is 9.23. The van der Waals surface area contributed by atoms with Crippen LogP contribution >= 0.6 is 0 Å². The number of nitrogens with zero attached hydrogens (tertiary/aromatic N) is 2. The molecule has 0 radical (unpaired) electrons. The molecule has 1 aliphatic rings. The number of aliphatic imine (C=N–C) groups is 1. The van der Waals surface area contributed by atoms with Gasteiger partial charge in [-0.1, -0.05) is 59.3 Å². The van der Waals surface area contributed by atoms with E-state index in [0.717, 1.165) is 6.54 Å². The van der Waals surface area contributed by atoms with E-state index in [2.05, 4.69) is 39.5 Å². The van der Waals surface area contributed by atoms with E-state index in [4.69, 9.17) is 4.99 Å². The average molecular weight is 296 g/mol. The standard InChI is InChI=1S/C18H36N2O/c1-6-7-8-9-10-11-12-17(2,3)16-19-18(4,5)15-20(16)13-14-21/h21H,6-15H2,1-5H3. The summed E-state index contributed by atoms with van der Waals surface area (Å²) in [6, 6.07) is 0. The molecule has 0 aromatic heterocycles. The SMILES string of the molecule is CCCCCCCCC(C)(C)C1=NC(C)(C)CN1CCO. The zero-order valence-electron chi connectivity index (χ0n) is 14.9. The fourth-order valence-corrected chi connectivity index (χ4v) is 3.28. The van der Waals surface area contributed by atoms with E-state index in [0.29, 0.717) is 6.54 Å². The van der Waals surface area contributed by atoms with Crippen LogP contribution in [0, 0.1) is 5.41 Å². The monoisotopic (exact) mass is 296 g/mol. The van der Waals surface area contributed by atoms with Crippen molar-refractivity contribution in [3.8, 4) is 0 Å². The molecule has 1 rings (SSSR count). The van der Waals surface area contributed by atoms with Crippen LogP contribution in [0.5, 0.6) is 0 Å². The summed E-state index contributed by atoms with van der Waals surface area (Å²) in [5.41, 5.74) is 0.108. The normalized spacial score (nSPS) is 18.2. The topological polar surface area (TPSA) is 35.8 Å². The first-order chi connectivity index (χ1) is 9.82. The van der Waals surface area contributed by atoms with Crippen LogP contribution in [0.4, 0.5) is 0 Å². The number of rotatable bonds is 10. The van der Waals surface area contributed by atoms with Gasteiger partial charge in [0.2, 0.25) is 0 Å². The molecule has 0 bridgehead atoms. The van der Waals surface area contributed by atoms with Crippen molar-refractivity contribution in [1.82, 2.24) is 4.90 Å². The third-order valence-corrected chi connectivity index (χ3v) is 4.42. The molecule has 124 valence electrons. The summed E-state index contributed by atoms with van der Waals surface area (Å²) in [4.78, 5) is 7.24. The second-order valence-electron chi connectivity index (χ2n) is 7.79. The molecule has 0 aromatic rings. The largest absolute Gasteiger partial charge is 0.395 e. The van der Waals surface area contributed by atoms with Gasteiger partial charge < -0.3 is 10.0 Å². The molecule has 0 fully saturated rings. The second-order valence-corrected chi connectivity index (χ2v) is 7.79. The summed E-state index contributed by atoms with van der Waals surface area (Å²) < 4.78 is 0. The molecular formula is C18H36N2O. The highest BCUT2D eigenvalue weighted by molar-refractivity contribution is 5.89. The van der Waals surface area contributed by atoms with Crippen LogP contribution in [0.25, 0.3) is 0 Å². The molecule has 0 amide bonds. The summed E-state index contributed by atoms with van der Waals surface area (Å²) in [7, 11) is 0. The minimum absolute atomic E-state index is 0.0110. The van der Waals surface area contributed by atoms with Crippen molar-refractivity contribution in [3.63, 3.8) is 0 Å². The highest BCUT2D eigenvalue weighted by atomic mass is 16.3. The molecule has 1 aliphatic heterocycles. The van der Waals surface area contributed by atoms with E-state index in [9.17, 15) is 5.11 Å². The molecule has 21 heavy (non-hydrogen) atoms. The number of β-amino-alcohol motifs (C(OH)–C–C–N with tert-alkyl or cyclic N) is 1. The molecule has 3 nitrogen and oxygen atoms in total. The average Bonchev–Trinajstić information content (AvgIpc) is 2.70. The van der Waals surface area contributed by atoms with E-state index in [-0.39, 0.29) is 17.6 Å². The Morgan fingerprint density at radius 2 is 1.76 bits per heavy atom. The Kier molecular flexibility index (Phi) is 7.19. The molecule has 0 saturated carbocycles. The van der Waals surface area contributed by atoms with Gasteiger partial charge in [-0.25, -0.2) is 0 Å².